The van der Waals surface area contributed by atoms with Crippen LogP contribution in [-0.4, -0.2) is 36.8 Å². The van der Waals surface area contributed by atoms with Crippen molar-refractivity contribution in [3.63, 3.8) is 0 Å². The molecule has 0 saturated carbocycles. The van der Waals surface area contributed by atoms with Gasteiger partial charge in [0.2, 0.25) is 5.91 Å². The molecule has 1 aliphatic heterocycles. The van der Waals surface area contributed by atoms with E-state index >= 15 is 0 Å². The molecule has 3 rings (SSSR count). The molecular formula is C15H16FN3O3S. The Hall–Kier alpha value is -2.22. The molecule has 2 heterocycles. The van der Waals surface area contributed by atoms with E-state index in [9.17, 15) is 17.1 Å². The molecule has 23 heavy (non-hydrogen) atoms. The molecule has 0 radical (unpaired) electrons. The van der Waals surface area contributed by atoms with Crippen molar-refractivity contribution in [1.82, 2.24) is 10.2 Å². The van der Waals surface area contributed by atoms with E-state index in [0.29, 0.717) is 5.82 Å². The number of hydrogen-bond donors (Lipinski definition) is 1. The predicted octanol–water partition coefficient (Wildman–Crippen LogP) is 2.04. The summed E-state index contributed by atoms with van der Waals surface area (Å²) < 4.78 is 34.3. The highest BCUT2D eigenvalue weighted by molar-refractivity contribution is 7.86. The fourth-order valence-corrected chi connectivity index (χ4v) is 3.65. The van der Waals surface area contributed by atoms with E-state index in [1.165, 1.54) is 4.90 Å². The third-order valence-corrected chi connectivity index (χ3v) is 4.79. The molecule has 8 heteroatoms. The maximum atomic E-state index is 12.8. The number of amides is 1. The summed E-state index contributed by atoms with van der Waals surface area (Å²) in [6.07, 6.45) is 0.00963. The molecule has 1 fully saturated rings. The van der Waals surface area contributed by atoms with Crippen LogP contribution in [0.4, 0.5) is 9.70 Å². The number of aromatic amines is 1. The Labute approximate surface area is 133 Å². The smallest absolute Gasteiger partial charge is 0.295 e. The van der Waals surface area contributed by atoms with Crippen LogP contribution in [0.15, 0.2) is 30.3 Å². The summed E-state index contributed by atoms with van der Waals surface area (Å²) in [5.74, 6) is -1.01. The molecule has 0 spiro atoms. The van der Waals surface area contributed by atoms with Gasteiger partial charge in [0.1, 0.15) is 0 Å². The van der Waals surface area contributed by atoms with Gasteiger partial charge in [0.15, 0.2) is 5.82 Å². The lowest BCUT2D eigenvalue weighted by Crippen LogP contribution is -2.25. The van der Waals surface area contributed by atoms with Gasteiger partial charge >= 0.3 is 10.2 Å². The van der Waals surface area contributed by atoms with E-state index < -0.39 is 21.9 Å². The molecule has 1 N–H and O–H groups in total. The quantitative estimate of drug-likeness (QED) is 0.866. The van der Waals surface area contributed by atoms with Crippen LogP contribution in [0.25, 0.3) is 11.3 Å². The molecule has 122 valence electrons. The second-order valence-corrected chi connectivity index (χ2v) is 7.15. The normalized spacial score (nSPS) is 18.6. The van der Waals surface area contributed by atoms with E-state index in [0.717, 1.165) is 16.8 Å². The fraction of sp³-hybridized carbons (Fsp3) is 0.333. The number of carbonyl (C=O) groups excluding carboxylic acids is 1. The number of H-pyrrole nitrogens is 1. The Balaban J connectivity index is 1.81. The summed E-state index contributed by atoms with van der Waals surface area (Å²) in [5, 5.41) is 7.02. The molecule has 1 amide bonds. The molecule has 1 aromatic carbocycles. The first kappa shape index (κ1) is 15.7. The van der Waals surface area contributed by atoms with Gasteiger partial charge in [0.25, 0.3) is 0 Å². The zero-order valence-electron chi connectivity index (χ0n) is 12.5. The van der Waals surface area contributed by atoms with Crippen LogP contribution in [0.2, 0.25) is 0 Å². The summed E-state index contributed by atoms with van der Waals surface area (Å²) >= 11 is 0. The van der Waals surface area contributed by atoms with Crippen LogP contribution >= 0.6 is 0 Å². The lowest BCUT2D eigenvalue weighted by molar-refractivity contribution is -0.117. The van der Waals surface area contributed by atoms with Crippen molar-refractivity contribution in [3.8, 4) is 11.3 Å². The highest BCUT2D eigenvalue weighted by atomic mass is 32.3. The Kier molecular flexibility index (Phi) is 3.93. The van der Waals surface area contributed by atoms with Crippen LogP contribution in [0, 0.1) is 12.8 Å². The number of aromatic nitrogens is 2. The van der Waals surface area contributed by atoms with Crippen molar-refractivity contribution in [2.75, 3.05) is 17.2 Å². The first-order valence-corrected chi connectivity index (χ1v) is 8.73. The number of anilines is 1. The van der Waals surface area contributed by atoms with E-state index in [-0.39, 0.29) is 18.9 Å². The SMILES string of the molecule is Cc1ccccc1-c1cc(N2CC(CS(=O)(=O)F)CC2=O)n[nH]1. The molecular weight excluding hydrogens is 321 g/mol. The van der Waals surface area contributed by atoms with E-state index in [2.05, 4.69) is 10.2 Å². The molecule has 1 atom stereocenters. The molecule has 1 aromatic heterocycles. The Bertz CT molecular complexity index is 847. The van der Waals surface area contributed by atoms with Crippen molar-refractivity contribution in [2.24, 2.45) is 5.92 Å². The minimum absolute atomic E-state index is 0.00963. The molecule has 1 aliphatic rings. The van der Waals surface area contributed by atoms with Gasteiger partial charge < -0.3 is 0 Å². The zero-order valence-corrected chi connectivity index (χ0v) is 13.3. The summed E-state index contributed by atoms with van der Waals surface area (Å²) in [4.78, 5) is 13.4. The second kappa shape index (κ2) is 5.77. The lowest BCUT2D eigenvalue weighted by Gasteiger charge is -2.12. The first-order chi connectivity index (χ1) is 10.8. The summed E-state index contributed by atoms with van der Waals surface area (Å²) in [5.41, 5.74) is 2.81. The van der Waals surface area contributed by atoms with Crippen LogP contribution in [-0.2, 0) is 15.0 Å². The number of rotatable bonds is 4. The number of aryl methyl sites for hydroxylation is 1. The van der Waals surface area contributed by atoms with Crippen LogP contribution in [0.3, 0.4) is 0 Å². The van der Waals surface area contributed by atoms with Gasteiger partial charge in [-0.15, -0.1) is 3.89 Å². The number of benzene rings is 1. The summed E-state index contributed by atoms with van der Waals surface area (Å²) in [7, 11) is -4.59. The van der Waals surface area contributed by atoms with E-state index in [4.69, 9.17) is 0 Å². The van der Waals surface area contributed by atoms with Gasteiger partial charge in [0, 0.05) is 30.5 Å². The number of hydrogen-bond acceptors (Lipinski definition) is 4. The topological polar surface area (TPSA) is 83.1 Å². The monoisotopic (exact) mass is 337 g/mol. The highest BCUT2D eigenvalue weighted by Gasteiger charge is 2.34. The maximum Gasteiger partial charge on any atom is 0.302 e. The molecule has 0 bridgehead atoms. The van der Waals surface area contributed by atoms with Crippen molar-refractivity contribution in [3.05, 3.63) is 35.9 Å². The largest absolute Gasteiger partial charge is 0.302 e. The van der Waals surface area contributed by atoms with Crippen molar-refractivity contribution < 1.29 is 17.1 Å². The lowest BCUT2D eigenvalue weighted by atomic mass is 10.1. The molecule has 2 aromatic rings. The number of halogens is 1. The first-order valence-electron chi connectivity index (χ1n) is 7.17. The van der Waals surface area contributed by atoms with Gasteiger partial charge in [-0.25, -0.2) is 0 Å². The zero-order chi connectivity index (χ0) is 16.6. The average molecular weight is 337 g/mol. The van der Waals surface area contributed by atoms with E-state index in [1.54, 1.807) is 6.07 Å². The molecule has 1 saturated heterocycles. The Morgan fingerprint density at radius 3 is 2.83 bits per heavy atom. The van der Waals surface area contributed by atoms with Gasteiger partial charge in [-0.1, -0.05) is 24.3 Å². The van der Waals surface area contributed by atoms with Gasteiger partial charge in [-0.2, -0.15) is 13.5 Å². The molecule has 1 unspecified atom stereocenters. The van der Waals surface area contributed by atoms with Gasteiger partial charge in [0.05, 0.1) is 11.4 Å². The minimum atomic E-state index is -4.59. The molecule has 6 nitrogen and oxygen atoms in total. The number of carbonyl (C=O) groups is 1. The van der Waals surface area contributed by atoms with Gasteiger partial charge in [-0.3, -0.25) is 14.8 Å². The van der Waals surface area contributed by atoms with Crippen LogP contribution in [0.1, 0.15) is 12.0 Å². The summed E-state index contributed by atoms with van der Waals surface area (Å²) in [6, 6.07) is 9.50. The van der Waals surface area contributed by atoms with Crippen molar-refractivity contribution in [2.45, 2.75) is 13.3 Å². The maximum absolute atomic E-state index is 12.8. The third-order valence-electron chi connectivity index (χ3n) is 3.92. The van der Waals surface area contributed by atoms with Crippen LogP contribution in [0.5, 0.6) is 0 Å². The number of nitrogens with one attached hydrogen (secondary N) is 1. The predicted molar refractivity (Wildman–Crippen MR) is 84.1 cm³/mol. The van der Waals surface area contributed by atoms with Crippen molar-refractivity contribution >= 4 is 21.9 Å². The fourth-order valence-electron chi connectivity index (χ4n) is 2.86. The van der Waals surface area contributed by atoms with E-state index in [1.807, 2.05) is 31.2 Å². The highest BCUT2D eigenvalue weighted by Crippen LogP contribution is 2.29. The second-order valence-electron chi connectivity index (χ2n) is 5.73. The molecule has 0 aliphatic carbocycles. The third kappa shape index (κ3) is 3.42. The minimum Gasteiger partial charge on any atom is -0.295 e. The Morgan fingerprint density at radius 1 is 1.39 bits per heavy atom. The van der Waals surface area contributed by atoms with Crippen LogP contribution < -0.4 is 4.90 Å². The van der Waals surface area contributed by atoms with Crippen molar-refractivity contribution in [1.29, 1.82) is 0 Å². The summed E-state index contributed by atoms with van der Waals surface area (Å²) in [6.45, 7) is 2.12. The van der Waals surface area contributed by atoms with Gasteiger partial charge in [-0.05, 0) is 12.5 Å². The standard InChI is InChI=1S/C15H16FN3O3S/c1-10-4-2-3-5-12(10)13-7-14(18-17-13)19-8-11(6-15(19)20)9-23(16,21)22/h2-5,7,11H,6,8-9H2,1H3,(H,17,18). The average Bonchev–Trinajstić information content (AvgIpc) is 3.04. The number of nitrogens with zero attached hydrogens (tertiary/aromatic N) is 2. The Morgan fingerprint density at radius 2 is 2.13 bits per heavy atom.